The molecule has 0 saturated carbocycles. The summed E-state index contributed by atoms with van der Waals surface area (Å²) in [5, 5.41) is 7.50. The molecule has 0 saturated heterocycles. The summed E-state index contributed by atoms with van der Waals surface area (Å²) >= 11 is 0. The molecule has 5 nitrogen and oxygen atoms in total. The smallest absolute Gasteiger partial charge is 0.283 e. The van der Waals surface area contributed by atoms with Gasteiger partial charge in [0.25, 0.3) is 5.91 Å². The molecular weight excluding hydrogens is 180 g/mol. The number of carbonyl (C=O) groups is 1. The topological polar surface area (TPSA) is 105 Å². The van der Waals surface area contributed by atoms with Crippen LogP contribution in [0.4, 0.5) is 5.69 Å². The number of aryl methyl sites for hydroxylation is 1. The van der Waals surface area contributed by atoms with Gasteiger partial charge in [-0.25, -0.2) is 5.84 Å². The molecule has 1 amide bonds. The maximum atomic E-state index is 11.1. The van der Waals surface area contributed by atoms with E-state index in [9.17, 15) is 4.79 Å². The van der Waals surface area contributed by atoms with Gasteiger partial charge in [-0.2, -0.15) is 0 Å². The van der Waals surface area contributed by atoms with E-state index < -0.39 is 5.91 Å². The van der Waals surface area contributed by atoms with E-state index in [4.69, 9.17) is 17.0 Å². The number of hydrazine groups is 1. The fourth-order valence-electron chi connectivity index (χ4n) is 1.08. The number of nitrogens with two attached hydrogens (primary N) is 2. The standard InChI is InChI=1S/C9H12N4O/c1-5-2-3-7(10)6(4-5)8(11)9(14)13-12/h2-4,11H,10,12H2,1H3,(H,13,14). The van der Waals surface area contributed by atoms with Gasteiger partial charge in [0.05, 0.1) is 0 Å². The van der Waals surface area contributed by atoms with Crippen LogP contribution in [0.1, 0.15) is 11.1 Å². The highest BCUT2D eigenvalue weighted by atomic mass is 16.2. The molecule has 0 unspecified atom stereocenters. The largest absolute Gasteiger partial charge is 0.398 e. The maximum absolute atomic E-state index is 11.1. The quantitative estimate of drug-likeness (QED) is 0.173. The van der Waals surface area contributed by atoms with Crippen LogP contribution in [0.3, 0.4) is 0 Å². The Kier molecular flexibility index (Phi) is 2.83. The van der Waals surface area contributed by atoms with Gasteiger partial charge in [0.15, 0.2) is 0 Å². The van der Waals surface area contributed by atoms with Crippen LogP contribution in [-0.4, -0.2) is 11.6 Å². The molecule has 0 bridgehead atoms. The lowest BCUT2D eigenvalue weighted by Crippen LogP contribution is -2.36. The SMILES string of the molecule is Cc1ccc(N)c(C(=N)C(=O)NN)c1. The predicted octanol–water partition coefficient (Wildman–Crippen LogP) is -0.0650. The number of amides is 1. The fourth-order valence-corrected chi connectivity index (χ4v) is 1.08. The minimum Gasteiger partial charge on any atom is -0.398 e. The molecule has 1 aromatic rings. The van der Waals surface area contributed by atoms with Gasteiger partial charge in [0, 0.05) is 11.3 Å². The monoisotopic (exact) mass is 192 g/mol. The number of carbonyl (C=O) groups excluding carboxylic acids is 1. The van der Waals surface area contributed by atoms with Gasteiger partial charge >= 0.3 is 0 Å². The summed E-state index contributed by atoms with van der Waals surface area (Å²) in [5.41, 5.74) is 9.01. The highest BCUT2D eigenvalue weighted by Gasteiger charge is 2.12. The van der Waals surface area contributed by atoms with Crippen LogP contribution in [0.2, 0.25) is 0 Å². The lowest BCUT2D eigenvalue weighted by atomic mass is 10.0. The Bertz CT molecular complexity index is 386. The lowest BCUT2D eigenvalue weighted by molar-refractivity contribution is -0.114. The molecular formula is C9H12N4O. The molecule has 0 atom stereocenters. The molecule has 0 fully saturated rings. The zero-order chi connectivity index (χ0) is 10.7. The van der Waals surface area contributed by atoms with Crippen molar-refractivity contribution in [2.24, 2.45) is 5.84 Å². The minimum absolute atomic E-state index is 0.228. The first-order valence-electron chi connectivity index (χ1n) is 4.02. The highest BCUT2D eigenvalue weighted by Crippen LogP contribution is 2.14. The van der Waals surface area contributed by atoms with Crippen molar-refractivity contribution in [2.75, 3.05) is 5.73 Å². The summed E-state index contributed by atoms with van der Waals surface area (Å²) in [6.45, 7) is 1.86. The van der Waals surface area contributed by atoms with Crippen molar-refractivity contribution in [3.05, 3.63) is 29.3 Å². The van der Waals surface area contributed by atoms with Crippen molar-refractivity contribution >= 4 is 17.3 Å². The lowest BCUT2D eigenvalue weighted by Gasteiger charge is -2.06. The Morgan fingerprint density at radius 3 is 2.71 bits per heavy atom. The van der Waals surface area contributed by atoms with Gasteiger partial charge in [-0.15, -0.1) is 0 Å². The van der Waals surface area contributed by atoms with E-state index in [0.717, 1.165) is 5.56 Å². The van der Waals surface area contributed by atoms with Crippen LogP contribution in [0, 0.1) is 12.3 Å². The first kappa shape index (κ1) is 10.2. The van der Waals surface area contributed by atoms with E-state index in [2.05, 4.69) is 0 Å². The summed E-state index contributed by atoms with van der Waals surface area (Å²) in [6.07, 6.45) is 0. The molecule has 1 aromatic carbocycles. The Morgan fingerprint density at radius 2 is 2.14 bits per heavy atom. The molecule has 0 aromatic heterocycles. The van der Waals surface area contributed by atoms with E-state index in [0.29, 0.717) is 11.3 Å². The normalized spacial score (nSPS) is 9.57. The second-order valence-electron chi connectivity index (χ2n) is 2.94. The molecule has 0 aliphatic carbocycles. The van der Waals surface area contributed by atoms with Gasteiger partial charge in [0.2, 0.25) is 0 Å². The number of rotatable bonds is 2. The summed E-state index contributed by atoms with van der Waals surface area (Å²) in [7, 11) is 0. The number of benzene rings is 1. The van der Waals surface area contributed by atoms with Crippen molar-refractivity contribution in [2.45, 2.75) is 6.92 Å². The van der Waals surface area contributed by atoms with Crippen LogP contribution in [0.25, 0.3) is 0 Å². The Balaban J connectivity index is 3.12. The summed E-state index contributed by atoms with van der Waals surface area (Å²) in [6, 6.07) is 5.14. The number of anilines is 1. The van der Waals surface area contributed by atoms with Crippen molar-refractivity contribution in [3.63, 3.8) is 0 Å². The summed E-state index contributed by atoms with van der Waals surface area (Å²) in [5.74, 6) is 4.27. The Labute approximate surface area is 81.6 Å². The molecule has 14 heavy (non-hydrogen) atoms. The molecule has 6 N–H and O–H groups in total. The first-order valence-corrected chi connectivity index (χ1v) is 4.02. The van der Waals surface area contributed by atoms with Gasteiger partial charge in [-0.05, 0) is 19.1 Å². The number of hydrogen-bond donors (Lipinski definition) is 4. The van der Waals surface area contributed by atoms with Crippen LogP contribution in [0.5, 0.6) is 0 Å². The predicted molar refractivity (Wildman–Crippen MR) is 54.8 cm³/mol. The third-order valence-corrected chi connectivity index (χ3v) is 1.84. The Hall–Kier alpha value is -1.88. The second kappa shape index (κ2) is 3.89. The van der Waals surface area contributed by atoms with E-state index in [-0.39, 0.29) is 5.71 Å². The average Bonchev–Trinajstić information content (AvgIpc) is 2.19. The van der Waals surface area contributed by atoms with E-state index in [1.54, 1.807) is 12.1 Å². The van der Waals surface area contributed by atoms with Gasteiger partial charge in [0.1, 0.15) is 5.71 Å². The Morgan fingerprint density at radius 1 is 1.50 bits per heavy atom. The van der Waals surface area contributed by atoms with Crippen molar-refractivity contribution < 1.29 is 4.79 Å². The number of hydrogen-bond acceptors (Lipinski definition) is 4. The molecule has 5 heteroatoms. The zero-order valence-electron chi connectivity index (χ0n) is 7.79. The fraction of sp³-hybridized carbons (Fsp3) is 0.111. The van der Waals surface area contributed by atoms with Crippen molar-refractivity contribution in [3.8, 4) is 0 Å². The molecule has 0 aliphatic heterocycles. The minimum atomic E-state index is -0.651. The summed E-state index contributed by atoms with van der Waals surface area (Å²) < 4.78 is 0. The van der Waals surface area contributed by atoms with E-state index >= 15 is 0 Å². The molecule has 1 rings (SSSR count). The molecule has 0 heterocycles. The van der Waals surface area contributed by atoms with Gasteiger partial charge in [-0.1, -0.05) is 11.6 Å². The highest BCUT2D eigenvalue weighted by molar-refractivity contribution is 6.45. The van der Waals surface area contributed by atoms with Gasteiger partial charge < -0.3 is 5.73 Å². The average molecular weight is 192 g/mol. The first-order chi connectivity index (χ1) is 6.56. The maximum Gasteiger partial charge on any atom is 0.283 e. The molecule has 0 aliphatic rings. The zero-order valence-corrected chi connectivity index (χ0v) is 7.79. The third kappa shape index (κ3) is 1.89. The number of nitrogen functional groups attached to an aromatic ring is 1. The molecule has 0 spiro atoms. The van der Waals surface area contributed by atoms with Crippen LogP contribution < -0.4 is 17.0 Å². The van der Waals surface area contributed by atoms with E-state index in [1.807, 2.05) is 18.4 Å². The van der Waals surface area contributed by atoms with Crippen LogP contribution in [-0.2, 0) is 4.79 Å². The van der Waals surface area contributed by atoms with Crippen molar-refractivity contribution in [1.29, 1.82) is 5.41 Å². The molecule has 0 radical (unpaired) electrons. The second-order valence-corrected chi connectivity index (χ2v) is 2.94. The van der Waals surface area contributed by atoms with Crippen molar-refractivity contribution in [1.82, 2.24) is 5.43 Å². The third-order valence-electron chi connectivity index (χ3n) is 1.84. The van der Waals surface area contributed by atoms with Crippen LogP contribution in [0.15, 0.2) is 18.2 Å². The van der Waals surface area contributed by atoms with Crippen LogP contribution >= 0.6 is 0 Å². The number of nitrogens with one attached hydrogen (secondary N) is 2. The molecule has 74 valence electrons. The van der Waals surface area contributed by atoms with Gasteiger partial charge in [-0.3, -0.25) is 15.6 Å². The van der Waals surface area contributed by atoms with E-state index in [1.165, 1.54) is 0 Å². The summed E-state index contributed by atoms with van der Waals surface area (Å²) in [4.78, 5) is 11.1.